The Morgan fingerprint density at radius 2 is 1.82 bits per heavy atom. The average molecular weight is 381 g/mol. The lowest BCUT2D eigenvalue weighted by atomic mass is 10.1. The number of rotatable bonds is 7. The van der Waals surface area contributed by atoms with E-state index in [9.17, 15) is 0 Å². The van der Waals surface area contributed by atoms with Crippen LogP contribution in [-0.4, -0.2) is 43.7 Å². The van der Waals surface area contributed by atoms with Crippen LogP contribution in [-0.2, 0) is 24.4 Å². The van der Waals surface area contributed by atoms with E-state index in [0.29, 0.717) is 6.54 Å². The number of aliphatic imine (C=N–C) groups is 1. The lowest BCUT2D eigenvalue weighted by Crippen LogP contribution is -2.38. The van der Waals surface area contributed by atoms with E-state index in [-0.39, 0.29) is 0 Å². The second-order valence-corrected chi connectivity index (χ2v) is 7.20. The van der Waals surface area contributed by atoms with E-state index in [4.69, 9.17) is 9.73 Å². The Hall–Kier alpha value is -2.37. The molecule has 2 N–H and O–H groups in total. The van der Waals surface area contributed by atoms with Crippen LogP contribution in [0.1, 0.15) is 29.2 Å². The Kier molecular flexibility index (Phi) is 7.88. The monoisotopic (exact) mass is 380 g/mol. The molecule has 1 heterocycles. The van der Waals surface area contributed by atoms with Gasteiger partial charge in [-0.2, -0.15) is 0 Å². The molecule has 3 rings (SSSR count). The first-order valence-corrected chi connectivity index (χ1v) is 10.2. The molecule has 1 aliphatic heterocycles. The zero-order chi connectivity index (χ0) is 19.6. The van der Waals surface area contributed by atoms with Crippen molar-refractivity contribution < 1.29 is 4.74 Å². The summed E-state index contributed by atoms with van der Waals surface area (Å²) in [6.45, 7) is 11.1. The lowest BCUT2D eigenvalue weighted by molar-refractivity contribution is 0.0341. The van der Waals surface area contributed by atoms with Crippen LogP contribution in [0.25, 0.3) is 0 Å². The number of ether oxygens (including phenoxy) is 1. The van der Waals surface area contributed by atoms with Crippen molar-refractivity contribution in [1.29, 1.82) is 0 Å². The first-order chi connectivity index (χ1) is 13.7. The van der Waals surface area contributed by atoms with E-state index >= 15 is 0 Å². The van der Waals surface area contributed by atoms with Crippen LogP contribution in [0.5, 0.6) is 0 Å². The van der Waals surface area contributed by atoms with E-state index in [1.807, 2.05) is 0 Å². The molecule has 1 fully saturated rings. The van der Waals surface area contributed by atoms with Gasteiger partial charge in [0.15, 0.2) is 5.96 Å². The zero-order valence-electron chi connectivity index (χ0n) is 17.1. The molecule has 1 aliphatic rings. The molecule has 2 aromatic carbocycles. The van der Waals surface area contributed by atoms with Crippen molar-refractivity contribution in [2.24, 2.45) is 4.99 Å². The van der Waals surface area contributed by atoms with Gasteiger partial charge in [0.05, 0.1) is 19.8 Å². The number of hydrogen-bond acceptors (Lipinski definition) is 3. The van der Waals surface area contributed by atoms with Gasteiger partial charge in [-0.25, -0.2) is 4.99 Å². The quantitative estimate of drug-likeness (QED) is 0.572. The van der Waals surface area contributed by atoms with Gasteiger partial charge < -0.3 is 15.4 Å². The third-order valence-electron chi connectivity index (χ3n) is 4.91. The number of hydrogen-bond donors (Lipinski definition) is 2. The summed E-state index contributed by atoms with van der Waals surface area (Å²) in [6.07, 6.45) is 0. The maximum absolute atomic E-state index is 5.47. The fourth-order valence-electron chi connectivity index (χ4n) is 3.39. The summed E-state index contributed by atoms with van der Waals surface area (Å²) in [5.41, 5.74) is 5.18. The van der Waals surface area contributed by atoms with Crippen LogP contribution in [0.15, 0.2) is 53.5 Å². The van der Waals surface area contributed by atoms with E-state index < -0.39 is 0 Å². The first kappa shape index (κ1) is 20.4. The van der Waals surface area contributed by atoms with Gasteiger partial charge in [0.25, 0.3) is 0 Å². The smallest absolute Gasteiger partial charge is 0.191 e. The van der Waals surface area contributed by atoms with Gasteiger partial charge in [-0.05, 0) is 30.5 Å². The van der Waals surface area contributed by atoms with E-state index in [1.54, 1.807) is 0 Å². The lowest BCUT2D eigenvalue weighted by Gasteiger charge is -2.27. The van der Waals surface area contributed by atoms with Crippen molar-refractivity contribution in [3.63, 3.8) is 0 Å². The first-order valence-electron chi connectivity index (χ1n) is 10.2. The topological polar surface area (TPSA) is 48.9 Å². The molecule has 150 valence electrons. The normalized spacial score (nSPS) is 15.4. The van der Waals surface area contributed by atoms with Crippen LogP contribution in [0, 0.1) is 6.92 Å². The second-order valence-electron chi connectivity index (χ2n) is 7.20. The van der Waals surface area contributed by atoms with Crippen molar-refractivity contribution in [3.8, 4) is 0 Å². The molecule has 5 heteroatoms. The maximum atomic E-state index is 5.47. The van der Waals surface area contributed by atoms with Gasteiger partial charge in [0, 0.05) is 32.7 Å². The summed E-state index contributed by atoms with van der Waals surface area (Å²) < 4.78 is 5.47. The van der Waals surface area contributed by atoms with Crippen LogP contribution >= 0.6 is 0 Å². The highest BCUT2D eigenvalue weighted by Gasteiger charge is 2.12. The van der Waals surface area contributed by atoms with E-state index in [1.165, 1.54) is 22.3 Å². The molecular weight excluding hydrogens is 348 g/mol. The highest BCUT2D eigenvalue weighted by Crippen LogP contribution is 2.13. The molecule has 0 amide bonds. The van der Waals surface area contributed by atoms with Crippen molar-refractivity contribution in [1.82, 2.24) is 15.5 Å². The van der Waals surface area contributed by atoms with Crippen LogP contribution in [0.4, 0.5) is 0 Å². The fraction of sp³-hybridized carbons (Fsp3) is 0.435. The highest BCUT2D eigenvalue weighted by molar-refractivity contribution is 5.79. The number of aryl methyl sites for hydroxylation is 1. The SMILES string of the molecule is CCNC(=NCc1cccc(C)c1)NCc1ccccc1CN1CCOCC1. The molecule has 0 spiro atoms. The molecule has 0 aliphatic carbocycles. The van der Waals surface area contributed by atoms with E-state index in [2.05, 4.69) is 77.9 Å². The highest BCUT2D eigenvalue weighted by atomic mass is 16.5. The van der Waals surface area contributed by atoms with Crippen LogP contribution in [0.2, 0.25) is 0 Å². The summed E-state index contributed by atoms with van der Waals surface area (Å²) in [4.78, 5) is 7.21. The molecule has 0 aromatic heterocycles. The summed E-state index contributed by atoms with van der Waals surface area (Å²) in [5, 5.41) is 6.85. The molecule has 0 unspecified atom stereocenters. The fourth-order valence-corrected chi connectivity index (χ4v) is 3.39. The molecule has 28 heavy (non-hydrogen) atoms. The maximum Gasteiger partial charge on any atom is 0.191 e. The number of nitrogens with one attached hydrogen (secondary N) is 2. The number of morpholine rings is 1. The predicted molar refractivity (Wildman–Crippen MR) is 115 cm³/mol. The molecule has 1 saturated heterocycles. The molecule has 0 saturated carbocycles. The average Bonchev–Trinajstić information content (AvgIpc) is 2.72. The Labute approximate surface area is 168 Å². The number of nitrogens with zero attached hydrogens (tertiary/aromatic N) is 2. The third-order valence-corrected chi connectivity index (χ3v) is 4.91. The van der Waals surface area contributed by atoms with Gasteiger partial charge in [0.1, 0.15) is 0 Å². The third kappa shape index (κ3) is 6.36. The molecular formula is C23H32N4O. The minimum absolute atomic E-state index is 0.673. The van der Waals surface area contributed by atoms with Crippen molar-refractivity contribution in [2.75, 3.05) is 32.8 Å². The molecule has 2 aromatic rings. The summed E-state index contributed by atoms with van der Waals surface area (Å²) in [5.74, 6) is 0.852. The number of benzene rings is 2. The van der Waals surface area contributed by atoms with Gasteiger partial charge in [0.2, 0.25) is 0 Å². The molecule has 0 bridgehead atoms. The molecule has 5 nitrogen and oxygen atoms in total. The summed E-state index contributed by atoms with van der Waals surface area (Å²) in [6, 6.07) is 17.2. The Morgan fingerprint density at radius 3 is 2.57 bits per heavy atom. The minimum Gasteiger partial charge on any atom is -0.379 e. The van der Waals surface area contributed by atoms with E-state index in [0.717, 1.165) is 51.9 Å². The Morgan fingerprint density at radius 1 is 1.04 bits per heavy atom. The number of guanidine groups is 1. The minimum atomic E-state index is 0.673. The van der Waals surface area contributed by atoms with Gasteiger partial charge in [-0.3, -0.25) is 4.90 Å². The molecule has 0 radical (unpaired) electrons. The summed E-state index contributed by atoms with van der Waals surface area (Å²) >= 11 is 0. The Balaban J connectivity index is 1.62. The van der Waals surface area contributed by atoms with Gasteiger partial charge in [-0.15, -0.1) is 0 Å². The van der Waals surface area contributed by atoms with Crippen molar-refractivity contribution in [3.05, 3.63) is 70.8 Å². The van der Waals surface area contributed by atoms with Crippen molar-refractivity contribution >= 4 is 5.96 Å². The largest absolute Gasteiger partial charge is 0.379 e. The van der Waals surface area contributed by atoms with Crippen LogP contribution < -0.4 is 10.6 Å². The van der Waals surface area contributed by atoms with Crippen molar-refractivity contribution in [2.45, 2.75) is 33.5 Å². The zero-order valence-corrected chi connectivity index (χ0v) is 17.1. The van der Waals surface area contributed by atoms with Crippen LogP contribution in [0.3, 0.4) is 0 Å². The Bertz CT molecular complexity index is 769. The summed E-state index contributed by atoms with van der Waals surface area (Å²) in [7, 11) is 0. The van der Waals surface area contributed by atoms with Gasteiger partial charge in [-0.1, -0.05) is 54.1 Å². The predicted octanol–water partition coefficient (Wildman–Crippen LogP) is 3.08. The van der Waals surface area contributed by atoms with Gasteiger partial charge >= 0.3 is 0 Å². The standard InChI is InChI=1S/C23H32N4O/c1-3-24-23(25-16-20-8-6-7-19(2)15-20)26-17-21-9-4-5-10-22(21)18-27-11-13-28-14-12-27/h4-10,15H,3,11-14,16-18H2,1-2H3,(H2,24,25,26). The molecule has 0 atom stereocenters. The second kappa shape index (κ2) is 10.8.